The number of hydrogen-bond donors (Lipinski definition) is 0. The summed E-state index contributed by atoms with van der Waals surface area (Å²) in [4.78, 5) is 9.71. The molecule has 15 rings (SSSR count). The molecule has 4 fully saturated rings. The maximum atomic E-state index is 6.79. The molecule has 5 aliphatic rings. The smallest absolute Gasteiger partial charge is 0.135 e. The summed E-state index contributed by atoms with van der Waals surface area (Å²) in [6.07, 6.45) is 8.75. The van der Waals surface area contributed by atoms with E-state index in [0.29, 0.717) is 23.3 Å². The number of fused-ring (bicyclic) bond motifs is 4. The number of hydrogen-bond acceptors (Lipinski definition) is 4. The van der Waals surface area contributed by atoms with Gasteiger partial charge in [0.1, 0.15) is 5.82 Å². The summed E-state index contributed by atoms with van der Waals surface area (Å²) in [5.41, 5.74) is 13.6. The van der Waals surface area contributed by atoms with Gasteiger partial charge >= 0.3 is 0 Å². The first-order chi connectivity index (χ1) is 34.2. The van der Waals surface area contributed by atoms with Gasteiger partial charge in [0.2, 0.25) is 0 Å². The first-order valence-corrected chi connectivity index (χ1v) is 24.6. The molecule has 1 aliphatic heterocycles. The van der Waals surface area contributed by atoms with E-state index in [1.165, 1.54) is 48.6 Å². The van der Waals surface area contributed by atoms with Gasteiger partial charge in [-0.05, 0) is 114 Å². The maximum Gasteiger partial charge on any atom is 0.135 e. The van der Waals surface area contributed by atoms with Gasteiger partial charge in [0.25, 0.3) is 0 Å². The zero-order chi connectivity index (χ0) is 45.5. The number of pyridine rings is 1. The van der Waals surface area contributed by atoms with Gasteiger partial charge in [-0.2, -0.15) is 12.1 Å². The van der Waals surface area contributed by atoms with Crippen LogP contribution in [0.4, 0.5) is 22.7 Å². The maximum absolute atomic E-state index is 6.79. The minimum absolute atomic E-state index is 0. The number of rotatable bonds is 9. The summed E-state index contributed by atoms with van der Waals surface area (Å²) < 4.78 is 9.09. The Morgan fingerprint density at radius 3 is 1.81 bits per heavy atom. The largest absolute Gasteiger partial charge is 0.509 e. The normalized spacial score (nSPS) is 21.0. The van der Waals surface area contributed by atoms with Gasteiger partial charge < -0.3 is 19.1 Å². The Balaban J connectivity index is 0.00000480. The second-order valence-electron chi connectivity index (χ2n) is 19.7. The Morgan fingerprint density at radius 2 is 1.11 bits per heavy atom. The van der Waals surface area contributed by atoms with E-state index in [0.717, 1.165) is 79.1 Å². The molecule has 344 valence electrons. The van der Waals surface area contributed by atoms with E-state index < -0.39 is 0 Å². The van der Waals surface area contributed by atoms with Crippen molar-refractivity contribution in [1.29, 1.82) is 0 Å². The molecule has 0 unspecified atom stereocenters. The van der Waals surface area contributed by atoms with E-state index in [1.54, 1.807) is 0 Å². The van der Waals surface area contributed by atoms with E-state index >= 15 is 0 Å². The average molecular weight is 1090 g/mol. The predicted octanol–water partition coefficient (Wildman–Crippen LogP) is 16.1. The quantitative estimate of drug-likeness (QED) is 0.135. The third kappa shape index (κ3) is 6.88. The monoisotopic (exact) mass is 1080 g/mol. The summed E-state index contributed by atoms with van der Waals surface area (Å²) in [5.74, 6) is 5.14. The molecule has 0 spiro atoms. The van der Waals surface area contributed by atoms with E-state index in [2.05, 4.69) is 221 Å². The van der Waals surface area contributed by atoms with E-state index in [4.69, 9.17) is 9.72 Å². The van der Waals surface area contributed by atoms with Crippen molar-refractivity contribution in [3.63, 3.8) is 0 Å². The van der Waals surface area contributed by atoms with E-state index in [-0.39, 0.29) is 26.5 Å². The van der Waals surface area contributed by atoms with Crippen LogP contribution in [0.1, 0.15) is 43.2 Å². The molecule has 4 bridgehead atoms. The van der Waals surface area contributed by atoms with Crippen molar-refractivity contribution in [2.24, 2.45) is 23.7 Å². The fourth-order valence-corrected chi connectivity index (χ4v) is 13.5. The average Bonchev–Trinajstić information content (AvgIpc) is 3.95. The van der Waals surface area contributed by atoms with Crippen LogP contribution in [0.25, 0.3) is 49.9 Å². The number of para-hydroxylation sites is 4. The Hall–Kier alpha value is -7.20. The zero-order valence-electron chi connectivity index (χ0n) is 38.6. The Kier molecular flexibility index (Phi) is 10.6. The van der Waals surface area contributed by atoms with Crippen LogP contribution in [-0.4, -0.2) is 9.55 Å². The summed E-state index contributed by atoms with van der Waals surface area (Å²) in [5, 5.41) is 2.28. The molecule has 6 heteroatoms. The fraction of sp³-hybridized carbons (Fsp3) is 0.156. The van der Waals surface area contributed by atoms with Gasteiger partial charge in [0.05, 0.1) is 0 Å². The third-order valence-corrected chi connectivity index (χ3v) is 16.0. The predicted molar refractivity (Wildman–Crippen MR) is 279 cm³/mol. The molecule has 4 aliphatic carbocycles. The molecule has 2 aromatic heterocycles. The van der Waals surface area contributed by atoms with Gasteiger partial charge in [0, 0.05) is 77.9 Å². The molecule has 4 saturated carbocycles. The van der Waals surface area contributed by atoms with Gasteiger partial charge in [-0.15, -0.1) is 48.1 Å². The number of aromatic nitrogens is 2. The molecule has 0 atom stereocenters. The van der Waals surface area contributed by atoms with Crippen LogP contribution in [0.15, 0.2) is 206 Å². The fourth-order valence-electron chi connectivity index (χ4n) is 13.5. The van der Waals surface area contributed by atoms with Crippen LogP contribution >= 0.6 is 0 Å². The van der Waals surface area contributed by atoms with Crippen LogP contribution in [0.3, 0.4) is 0 Å². The number of benzene rings is 8. The molecular weight excluding hydrogens is 1040 g/mol. The molecule has 0 amide bonds. The van der Waals surface area contributed by atoms with Crippen molar-refractivity contribution in [2.45, 2.75) is 37.5 Å². The Morgan fingerprint density at radius 1 is 0.514 bits per heavy atom. The van der Waals surface area contributed by atoms with Crippen LogP contribution in [0, 0.1) is 42.5 Å². The summed E-state index contributed by atoms with van der Waals surface area (Å²) in [6.45, 7) is 2.19. The first-order valence-electron chi connectivity index (χ1n) is 24.6. The minimum Gasteiger partial charge on any atom is -0.509 e. The standard InChI is InChI=1S/C64H49N4O.Pt/c1-4-16-45(17-5-1)54-25-15-26-55(46-18-6-2-7-19-46)63(54)67-42-66(59-28-12-13-29-60(59)67)51-22-14-23-52(40-51)69-53-30-31-57-56-24-10-11-27-58(56)68(61(57)41-53)62-39-48(32-33-65-62)64(47-20-8-3-9-21-47)49-35-43-34-44(37-49)38-50(64)36-43;/h1-33,39,42-44,49-50H,34-38H2;/q-3;. The minimum atomic E-state index is -0.0241. The van der Waals surface area contributed by atoms with Gasteiger partial charge in [-0.25, -0.2) is 4.98 Å². The molecule has 10 aromatic rings. The second kappa shape index (κ2) is 17.3. The van der Waals surface area contributed by atoms with Crippen molar-refractivity contribution in [3.05, 3.63) is 236 Å². The summed E-state index contributed by atoms with van der Waals surface area (Å²) >= 11 is 0. The second-order valence-corrected chi connectivity index (χ2v) is 19.7. The number of nitrogens with zero attached hydrogens (tertiary/aromatic N) is 4. The Bertz CT molecular complexity index is 3470. The van der Waals surface area contributed by atoms with Crippen molar-refractivity contribution in [2.75, 3.05) is 9.80 Å². The van der Waals surface area contributed by atoms with Crippen molar-refractivity contribution in [1.82, 2.24) is 9.55 Å². The van der Waals surface area contributed by atoms with Crippen molar-refractivity contribution >= 4 is 44.6 Å². The van der Waals surface area contributed by atoms with Gasteiger partial charge in [-0.3, -0.25) is 0 Å². The SMILES string of the molecule is [Pt].[c-]1c(Oc2[c-]c3c(cc2)c2ccccc2n3-c2cc(C3(c4ccccc4)C4CC5CC(C4)CC3C5)ccn2)cccc1N1[CH-]N(c2c(-c3ccccc3)cccc2-c2ccccc2)c2ccccc21. The Labute approximate surface area is 424 Å². The molecule has 0 saturated heterocycles. The van der Waals surface area contributed by atoms with Crippen molar-refractivity contribution < 1.29 is 25.8 Å². The molecule has 70 heavy (non-hydrogen) atoms. The van der Waals surface area contributed by atoms with Gasteiger partial charge in [-0.1, -0.05) is 145 Å². The first kappa shape index (κ1) is 42.9. The van der Waals surface area contributed by atoms with E-state index in [9.17, 15) is 0 Å². The zero-order valence-corrected chi connectivity index (χ0v) is 40.8. The van der Waals surface area contributed by atoms with Crippen LogP contribution in [0.2, 0.25) is 0 Å². The number of anilines is 4. The molecule has 5 nitrogen and oxygen atoms in total. The topological polar surface area (TPSA) is 33.5 Å². The van der Waals surface area contributed by atoms with Crippen LogP contribution in [-0.2, 0) is 26.5 Å². The molecule has 0 N–H and O–H groups in total. The summed E-state index contributed by atoms with van der Waals surface area (Å²) in [6, 6.07) is 79.1. The molecular formula is C64H49N4OPt-3. The van der Waals surface area contributed by atoms with Gasteiger partial charge in [0.15, 0.2) is 0 Å². The van der Waals surface area contributed by atoms with Crippen molar-refractivity contribution in [3.8, 4) is 39.6 Å². The summed E-state index contributed by atoms with van der Waals surface area (Å²) in [7, 11) is 0. The molecule has 0 radical (unpaired) electrons. The third-order valence-electron chi connectivity index (χ3n) is 16.0. The van der Waals surface area contributed by atoms with Crippen LogP contribution in [0.5, 0.6) is 11.5 Å². The van der Waals surface area contributed by atoms with Crippen LogP contribution < -0.4 is 14.5 Å². The van der Waals surface area contributed by atoms with E-state index in [1.807, 2.05) is 18.2 Å². The molecule has 3 heterocycles. The number of ether oxygens (including phenoxy) is 1. The molecule has 8 aromatic carbocycles.